The second kappa shape index (κ2) is 10.3. The molecule has 10 rings (SSSR count). The van der Waals surface area contributed by atoms with Crippen molar-refractivity contribution >= 4 is 39.0 Å². The van der Waals surface area contributed by atoms with Crippen LogP contribution in [0.1, 0.15) is 49.9 Å². The van der Waals surface area contributed by atoms with Crippen molar-refractivity contribution in [1.82, 2.24) is 0 Å². The summed E-state index contributed by atoms with van der Waals surface area (Å²) in [6, 6.07) is 55.5. The van der Waals surface area contributed by atoms with E-state index < -0.39 is 0 Å². The third-order valence-corrected chi connectivity index (χ3v) is 11.5. The maximum atomic E-state index is 6.59. The molecule has 0 bridgehead atoms. The molecule has 0 unspecified atom stereocenters. The molecule has 2 heteroatoms. The van der Waals surface area contributed by atoms with Gasteiger partial charge in [-0.25, -0.2) is 0 Å². The highest BCUT2D eigenvalue weighted by molar-refractivity contribution is 6.12. The van der Waals surface area contributed by atoms with Gasteiger partial charge in [0.1, 0.15) is 11.2 Å². The van der Waals surface area contributed by atoms with Crippen LogP contribution >= 0.6 is 0 Å². The monoisotopic (exact) mass is 643 g/mol. The minimum atomic E-state index is -0.196. The van der Waals surface area contributed by atoms with Crippen LogP contribution in [0.4, 0.5) is 17.1 Å². The summed E-state index contributed by atoms with van der Waals surface area (Å²) in [7, 11) is 0. The molecule has 0 atom stereocenters. The number of hydrogen-bond acceptors (Lipinski definition) is 2. The van der Waals surface area contributed by atoms with Crippen LogP contribution in [-0.4, -0.2) is 0 Å². The third-order valence-electron chi connectivity index (χ3n) is 11.5. The van der Waals surface area contributed by atoms with Gasteiger partial charge in [-0.15, -0.1) is 0 Å². The Morgan fingerprint density at radius 2 is 1.00 bits per heavy atom. The highest BCUT2D eigenvalue weighted by Gasteiger charge is 2.39. The molecule has 1 heterocycles. The Morgan fingerprint density at radius 3 is 1.78 bits per heavy atom. The first-order valence-corrected chi connectivity index (χ1v) is 17.6. The summed E-state index contributed by atoms with van der Waals surface area (Å²) in [5, 5.41) is 2.34. The van der Waals surface area contributed by atoms with E-state index in [4.69, 9.17) is 4.42 Å². The number of furan rings is 1. The number of benzene rings is 7. The van der Waals surface area contributed by atoms with Gasteiger partial charge < -0.3 is 9.32 Å². The number of anilines is 3. The summed E-state index contributed by atoms with van der Waals surface area (Å²) in [4.78, 5) is 2.43. The fourth-order valence-corrected chi connectivity index (χ4v) is 8.84. The van der Waals surface area contributed by atoms with Gasteiger partial charge in [0.15, 0.2) is 0 Å². The molecule has 0 saturated carbocycles. The first-order valence-electron chi connectivity index (χ1n) is 17.6. The largest absolute Gasteiger partial charge is 0.455 e. The van der Waals surface area contributed by atoms with Gasteiger partial charge >= 0.3 is 0 Å². The number of para-hydroxylation sites is 1. The quantitative estimate of drug-likeness (QED) is 0.190. The topological polar surface area (TPSA) is 16.4 Å². The minimum absolute atomic E-state index is 0.0930. The molecule has 0 spiro atoms. The number of rotatable bonds is 4. The van der Waals surface area contributed by atoms with Crippen molar-refractivity contribution in [2.24, 2.45) is 0 Å². The van der Waals surface area contributed by atoms with Crippen molar-refractivity contribution in [3.8, 4) is 33.4 Å². The van der Waals surface area contributed by atoms with Gasteiger partial charge in [-0.05, 0) is 92.5 Å². The van der Waals surface area contributed by atoms with E-state index in [9.17, 15) is 0 Å². The van der Waals surface area contributed by atoms with E-state index in [0.29, 0.717) is 0 Å². The molecule has 0 aliphatic heterocycles. The van der Waals surface area contributed by atoms with E-state index in [1.54, 1.807) is 0 Å². The molecule has 7 aromatic carbocycles. The summed E-state index contributed by atoms with van der Waals surface area (Å²) in [6.07, 6.45) is 0. The van der Waals surface area contributed by atoms with Gasteiger partial charge in [-0.1, -0.05) is 137 Å². The lowest BCUT2D eigenvalue weighted by atomic mass is 9.82. The number of fused-ring (bicyclic) bond motifs is 10. The predicted molar refractivity (Wildman–Crippen MR) is 209 cm³/mol. The molecule has 2 aliphatic carbocycles. The Hall–Kier alpha value is -5.86. The Morgan fingerprint density at radius 1 is 0.420 bits per heavy atom. The molecule has 1 aromatic heterocycles. The lowest BCUT2D eigenvalue weighted by Gasteiger charge is -2.30. The summed E-state index contributed by atoms with van der Waals surface area (Å²) in [5.74, 6) is 0. The molecule has 0 fully saturated rings. The van der Waals surface area contributed by atoms with Gasteiger partial charge in [0.25, 0.3) is 0 Å². The summed E-state index contributed by atoms with van der Waals surface area (Å²) < 4.78 is 6.59. The van der Waals surface area contributed by atoms with Gasteiger partial charge in [0.05, 0.1) is 0 Å². The molecule has 50 heavy (non-hydrogen) atoms. The van der Waals surface area contributed by atoms with Crippen molar-refractivity contribution in [2.45, 2.75) is 38.5 Å². The molecule has 240 valence electrons. The zero-order valence-electron chi connectivity index (χ0n) is 28.8. The van der Waals surface area contributed by atoms with E-state index >= 15 is 0 Å². The first kappa shape index (κ1) is 29.1. The van der Waals surface area contributed by atoms with Crippen LogP contribution in [0.3, 0.4) is 0 Å². The summed E-state index contributed by atoms with van der Waals surface area (Å²) >= 11 is 0. The SMILES string of the molecule is CC1(C)c2ccccc2-c2ccc(N(c3ccc(-c4ccccc4)cc3)c3ccc4c(c3)C(C)(C)c3ccc5c(oc6ccccc65)c3-4)cc21. The zero-order chi connectivity index (χ0) is 33.8. The maximum absolute atomic E-state index is 6.59. The second-order valence-corrected chi connectivity index (χ2v) is 15.0. The van der Waals surface area contributed by atoms with Crippen molar-refractivity contribution in [1.29, 1.82) is 0 Å². The molecule has 8 aromatic rings. The van der Waals surface area contributed by atoms with E-state index in [0.717, 1.165) is 28.2 Å². The summed E-state index contributed by atoms with van der Waals surface area (Å²) in [5.41, 5.74) is 18.0. The van der Waals surface area contributed by atoms with Crippen molar-refractivity contribution in [3.05, 3.63) is 174 Å². The van der Waals surface area contributed by atoms with Gasteiger partial charge in [-0.2, -0.15) is 0 Å². The van der Waals surface area contributed by atoms with E-state index in [-0.39, 0.29) is 10.8 Å². The Balaban J connectivity index is 1.16. The average molecular weight is 644 g/mol. The molecular formula is C48H37NO. The van der Waals surface area contributed by atoms with Crippen LogP contribution in [0.25, 0.3) is 55.3 Å². The van der Waals surface area contributed by atoms with Crippen molar-refractivity contribution in [2.75, 3.05) is 4.90 Å². The van der Waals surface area contributed by atoms with Gasteiger partial charge in [0.2, 0.25) is 0 Å². The van der Waals surface area contributed by atoms with Crippen molar-refractivity contribution < 1.29 is 4.42 Å². The van der Waals surface area contributed by atoms with E-state index in [1.165, 1.54) is 66.4 Å². The van der Waals surface area contributed by atoms with Gasteiger partial charge in [0, 0.05) is 44.2 Å². The smallest absolute Gasteiger partial charge is 0.143 e. The van der Waals surface area contributed by atoms with Crippen LogP contribution in [0.2, 0.25) is 0 Å². The standard InChI is InChI=1S/C48H37NO/c1-47(2)40-16-10-8-14-35(40)36-24-22-33(28-42(36)47)49(32-20-18-31(19-21-32)30-12-6-5-7-13-30)34-23-25-39-43(29-34)48(3,4)41-27-26-38-37-15-9-11-17-44(37)50-46(38)45(39)41/h5-29H,1-4H3. The molecule has 2 aliphatic rings. The zero-order valence-corrected chi connectivity index (χ0v) is 28.8. The molecule has 0 radical (unpaired) electrons. The van der Waals surface area contributed by atoms with Crippen LogP contribution in [0.5, 0.6) is 0 Å². The van der Waals surface area contributed by atoms with Crippen molar-refractivity contribution in [3.63, 3.8) is 0 Å². The molecule has 0 N–H and O–H groups in total. The molecule has 0 amide bonds. The lowest BCUT2D eigenvalue weighted by molar-refractivity contribution is 0.653. The summed E-state index contributed by atoms with van der Waals surface area (Å²) in [6.45, 7) is 9.41. The number of nitrogens with zero attached hydrogens (tertiary/aromatic N) is 1. The highest BCUT2D eigenvalue weighted by atomic mass is 16.3. The number of hydrogen-bond donors (Lipinski definition) is 0. The van der Waals surface area contributed by atoms with Crippen LogP contribution in [-0.2, 0) is 10.8 Å². The first-order chi connectivity index (χ1) is 24.3. The fourth-order valence-electron chi connectivity index (χ4n) is 8.84. The molecular weight excluding hydrogens is 607 g/mol. The lowest BCUT2D eigenvalue weighted by Crippen LogP contribution is -2.18. The van der Waals surface area contributed by atoms with Crippen LogP contribution < -0.4 is 4.90 Å². The highest BCUT2D eigenvalue weighted by Crippen LogP contribution is 2.55. The second-order valence-electron chi connectivity index (χ2n) is 15.0. The predicted octanol–water partition coefficient (Wildman–Crippen LogP) is 13.3. The fraction of sp³-hybridized carbons (Fsp3) is 0.125. The maximum Gasteiger partial charge on any atom is 0.143 e. The van der Waals surface area contributed by atoms with Crippen LogP contribution in [0, 0.1) is 0 Å². The van der Waals surface area contributed by atoms with Crippen LogP contribution in [0.15, 0.2) is 156 Å². The minimum Gasteiger partial charge on any atom is -0.455 e. The van der Waals surface area contributed by atoms with Gasteiger partial charge in [-0.3, -0.25) is 0 Å². The third kappa shape index (κ3) is 4.02. The Labute approximate surface area is 293 Å². The van der Waals surface area contributed by atoms with E-state index in [1.807, 2.05) is 0 Å². The molecule has 0 saturated heterocycles. The van der Waals surface area contributed by atoms with E-state index in [2.05, 4.69) is 184 Å². The molecule has 2 nitrogen and oxygen atoms in total. The Kier molecular flexibility index (Phi) is 6.01. The normalized spacial score (nSPS) is 14.7. The average Bonchev–Trinajstić information content (AvgIpc) is 3.72. The Bertz CT molecular complexity index is 2640.